The molecular weight excluding hydrogens is 526 g/mol. The molecule has 0 aliphatic carbocycles. The van der Waals surface area contributed by atoms with E-state index in [2.05, 4.69) is 5.32 Å². The van der Waals surface area contributed by atoms with Gasteiger partial charge in [-0.25, -0.2) is 9.59 Å². The van der Waals surface area contributed by atoms with E-state index in [4.69, 9.17) is 9.47 Å². The predicted molar refractivity (Wildman–Crippen MR) is 148 cm³/mol. The molecule has 10 heteroatoms. The minimum absolute atomic E-state index is 0.102. The van der Waals surface area contributed by atoms with Gasteiger partial charge < -0.3 is 14.8 Å². The van der Waals surface area contributed by atoms with Gasteiger partial charge in [0.05, 0.1) is 23.9 Å². The van der Waals surface area contributed by atoms with Gasteiger partial charge in [-0.1, -0.05) is 42.5 Å². The van der Waals surface area contributed by atoms with E-state index in [1.54, 1.807) is 42.5 Å². The molecule has 0 bridgehead atoms. The number of hydrogen-bond donors (Lipinski definition) is 1. The molecule has 1 N–H and O–H groups in total. The van der Waals surface area contributed by atoms with Crippen LogP contribution in [0.25, 0.3) is 0 Å². The van der Waals surface area contributed by atoms with E-state index in [0.717, 1.165) is 16.0 Å². The van der Waals surface area contributed by atoms with Crippen LogP contribution in [0.2, 0.25) is 0 Å². The third kappa shape index (κ3) is 5.81. The summed E-state index contributed by atoms with van der Waals surface area (Å²) in [7, 11) is 1.23. The minimum Gasteiger partial charge on any atom is -0.467 e. The van der Waals surface area contributed by atoms with Crippen molar-refractivity contribution in [3.8, 4) is 0 Å². The molecule has 0 spiro atoms. The average molecular weight is 556 g/mol. The van der Waals surface area contributed by atoms with Crippen LogP contribution in [0, 0.1) is 0 Å². The lowest BCUT2D eigenvalue weighted by molar-refractivity contribution is -0.143. The van der Waals surface area contributed by atoms with Crippen molar-refractivity contribution in [2.45, 2.75) is 31.9 Å². The molecule has 3 aromatic rings. The normalized spacial score (nSPS) is 14.4. The number of anilines is 1. The number of hydrogen-bond acceptors (Lipinski definition) is 7. The van der Waals surface area contributed by atoms with Gasteiger partial charge in [-0.05, 0) is 60.7 Å². The monoisotopic (exact) mass is 555 g/mol. The minimum atomic E-state index is -0.972. The van der Waals surface area contributed by atoms with Gasteiger partial charge in [0, 0.05) is 18.7 Å². The van der Waals surface area contributed by atoms with E-state index < -0.39 is 24.0 Å². The summed E-state index contributed by atoms with van der Waals surface area (Å²) < 4.78 is 10.3. The highest BCUT2D eigenvalue weighted by atomic mass is 16.6. The summed E-state index contributed by atoms with van der Waals surface area (Å²) in [6.07, 6.45) is 0.541. The molecule has 4 amide bonds. The average Bonchev–Trinajstić information content (AvgIpc) is 3.54. The van der Waals surface area contributed by atoms with E-state index in [-0.39, 0.29) is 37.8 Å². The van der Waals surface area contributed by atoms with E-state index >= 15 is 0 Å². The highest BCUT2D eigenvalue weighted by Crippen LogP contribution is 2.30. The summed E-state index contributed by atoms with van der Waals surface area (Å²) in [6, 6.07) is 20.0. The van der Waals surface area contributed by atoms with Crippen LogP contribution in [0.5, 0.6) is 0 Å². The number of benzene rings is 3. The lowest BCUT2D eigenvalue weighted by atomic mass is 10.1. The van der Waals surface area contributed by atoms with Crippen molar-refractivity contribution in [3.05, 3.63) is 101 Å². The molecule has 0 fully saturated rings. The van der Waals surface area contributed by atoms with Crippen molar-refractivity contribution in [1.82, 2.24) is 10.2 Å². The molecule has 0 saturated carbocycles. The third-order valence-corrected chi connectivity index (χ3v) is 7.21. The van der Waals surface area contributed by atoms with Gasteiger partial charge in [-0.2, -0.15) is 0 Å². The first kappa shape index (κ1) is 27.6. The largest absolute Gasteiger partial charge is 0.467 e. The fraction of sp³-hybridized carbons (Fsp3) is 0.258. The fourth-order valence-electron chi connectivity index (χ4n) is 5.06. The second kappa shape index (κ2) is 12.0. The molecule has 10 nitrogen and oxygen atoms in total. The number of methoxy groups -OCH3 is 1. The zero-order valence-corrected chi connectivity index (χ0v) is 22.5. The van der Waals surface area contributed by atoms with Crippen molar-refractivity contribution < 1.29 is 33.4 Å². The maximum atomic E-state index is 13.1. The van der Waals surface area contributed by atoms with Gasteiger partial charge >= 0.3 is 12.1 Å². The van der Waals surface area contributed by atoms with E-state index in [1.165, 1.54) is 12.0 Å². The number of esters is 1. The smallest absolute Gasteiger partial charge is 0.414 e. The first-order chi connectivity index (χ1) is 19.9. The molecule has 0 aromatic heterocycles. The van der Waals surface area contributed by atoms with Gasteiger partial charge in [0.2, 0.25) is 0 Å². The second-order valence-electron chi connectivity index (χ2n) is 9.78. The standard InChI is InChI=1S/C31H29N3O7/c1-40-30(38)25(12-7-16-34-28(36)23-10-5-6-11-24(23)29(34)37)32-27(35)22-13-14-26-21(18-22)15-17-33(26)31(39)41-19-20-8-3-2-4-9-20/h2-6,8-11,13-14,18,25H,7,12,15-17,19H2,1H3,(H,32,35). The second-order valence-corrected chi connectivity index (χ2v) is 9.78. The van der Waals surface area contributed by atoms with Crippen LogP contribution in [0.3, 0.4) is 0 Å². The first-order valence-corrected chi connectivity index (χ1v) is 13.3. The van der Waals surface area contributed by atoms with Gasteiger partial charge in [0.25, 0.3) is 17.7 Å². The van der Waals surface area contributed by atoms with Crippen LogP contribution < -0.4 is 10.2 Å². The first-order valence-electron chi connectivity index (χ1n) is 13.3. The molecule has 2 aliphatic rings. The van der Waals surface area contributed by atoms with Crippen LogP contribution in [0.1, 0.15) is 55.0 Å². The molecule has 5 rings (SSSR count). The number of ether oxygens (including phenoxy) is 2. The van der Waals surface area contributed by atoms with Gasteiger partial charge in [0.15, 0.2) is 0 Å². The molecule has 2 heterocycles. The quantitative estimate of drug-likeness (QED) is 0.315. The molecule has 1 atom stereocenters. The number of imide groups is 1. The van der Waals surface area contributed by atoms with E-state index in [9.17, 15) is 24.0 Å². The highest BCUT2D eigenvalue weighted by molar-refractivity contribution is 6.21. The lowest BCUT2D eigenvalue weighted by Crippen LogP contribution is -2.42. The van der Waals surface area contributed by atoms with Crippen molar-refractivity contribution in [1.29, 1.82) is 0 Å². The number of fused-ring (bicyclic) bond motifs is 2. The summed E-state index contributed by atoms with van der Waals surface area (Å²) >= 11 is 0. The SMILES string of the molecule is COC(=O)C(CCCN1C(=O)c2ccccc2C1=O)NC(=O)c1ccc2c(c1)CCN2C(=O)OCc1ccccc1. The number of amides is 4. The van der Waals surface area contributed by atoms with Crippen LogP contribution in [-0.4, -0.2) is 60.9 Å². The summed E-state index contributed by atoms with van der Waals surface area (Å²) in [5.74, 6) is -1.86. The Morgan fingerprint density at radius 1 is 0.927 bits per heavy atom. The van der Waals surface area contributed by atoms with Crippen molar-refractivity contribution in [3.63, 3.8) is 0 Å². The highest BCUT2D eigenvalue weighted by Gasteiger charge is 2.35. The molecule has 0 radical (unpaired) electrons. The number of nitrogens with one attached hydrogen (secondary N) is 1. The molecule has 41 heavy (non-hydrogen) atoms. The van der Waals surface area contributed by atoms with Crippen molar-refractivity contribution >= 4 is 35.5 Å². The molecule has 0 saturated heterocycles. The third-order valence-electron chi connectivity index (χ3n) is 7.21. The molecule has 210 valence electrons. The van der Waals surface area contributed by atoms with Crippen molar-refractivity contribution in [2.75, 3.05) is 25.1 Å². The van der Waals surface area contributed by atoms with Gasteiger partial charge in [-0.3, -0.25) is 24.2 Å². The van der Waals surface area contributed by atoms with Crippen LogP contribution in [0.4, 0.5) is 10.5 Å². The number of rotatable bonds is 9. The molecular formula is C31H29N3O7. The Morgan fingerprint density at radius 2 is 1.61 bits per heavy atom. The lowest BCUT2D eigenvalue weighted by Gasteiger charge is -2.19. The zero-order valence-electron chi connectivity index (χ0n) is 22.5. The Morgan fingerprint density at radius 3 is 2.29 bits per heavy atom. The van der Waals surface area contributed by atoms with Gasteiger partial charge in [0.1, 0.15) is 12.6 Å². The Bertz CT molecular complexity index is 1470. The number of carbonyl (C=O) groups is 5. The molecule has 3 aromatic carbocycles. The molecule has 1 unspecified atom stereocenters. The number of carbonyl (C=O) groups excluding carboxylic acids is 5. The van der Waals surface area contributed by atoms with Gasteiger partial charge in [-0.15, -0.1) is 0 Å². The topological polar surface area (TPSA) is 122 Å². The summed E-state index contributed by atoms with van der Waals surface area (Å²) in [4.78, 5) is 66.1. The van der Waals surface area contributed by atoms with Crippen LogP contribution in [-0.2, 0) is 27.3 Å². The molecule has 2 aliphatic heterocycles. The number of nitrogens with zero attached hydrogens (tertiary/aromatic N) is 2. The zero-order chi connectivity index (χ0) is 28.9. The van der Waals surface area contributed by atoms with Crippen LogP contribution in [0.15, 0.2) is 72.8 Å². The Labute approximate surface area is 236 Å². The summed E-state index contributed by atoms with van der Waals surface area (Å²) in [6.45, 7) is 0.690. The Hall–Kier alpha value is -4.99. The Kier molecular flexibility index (Phi) is 8.09. The summed E-state index contributed by atoms with van der Waals surface area (Å²) in [5, 5.41) is 2.71. The Balaban J connectivity index is 1.18. The predicted octanol–water partition coefficient (Wildman–Crippen LogP) is 3.73. The summed E-state index contributed by atoms with van der Waals surface area (Å²) in [5.41, 5.74) is 3.42. The van der Waals surface area contributed by atoms with Crippen molar-refractivity contribution in [2.24, 2.45) is 0 Å². The fourth-order valence-corrected chi connectivity index (χ4v) is 5.06. The maximum Gasteiger partial charge on any atom is 0.414 e. The van der Waals surface area contributed by atoms with E-state index in [1.807, 2.05) is 30.3 Å². The van der Waals surface area contributed by atoms with Crippen LogP contribution >= 0.6 is 0 Å². The van der Waals surface area contributed by atoms with E-state index in [0.29, 0.717) is 35.3 Å². The maximum absolute atomic E-state index is 13.1.